The average molecular weight is 387 g/mol. The van der Waals surface area contributed by atoms with Crippen LogP contribution in [0.5, 0.6) is 5.75 Å². The Bertz CT molecular complexity index is 621. The van der Waals surface area contributed by atoms with Crippen LogP contribution < -0.4 is 15.4 Å². The summed E-state index contributed by atoms with van der Waals surface area (Å²) in [6.07, 6.45) is 7.95. The number of aliphatic imine (C=N–C) groups is 1. The van der Waals surface area contributed by atoms with Gasteiger partial charge in [0.15, 0.2) is 5.96 Å². The van der Waals surface area contributed by atoms with Crippen LogP contribution in [0.15, 0.2) is 35.3 Å². The first-order valence-electron chi connectivity index (χ1n) is 10.7. The van der Waals surface area contributed by atoms with Crippen molar-refractivity contribution in [3.8, 4) is 5.75 Å². The van der Waals surface area contributed by atoms with E-state index in [1.807, 2.05) is 37.4 Å². The van der Waals surface area contributed by atoms with E-state index < -0.39 is 0 Å². The van der Waals surface area contributed by atoms with Gasteiger partial charge in [-0.05, 0) is 25.0 Å². The van der Waals surface area contributed by atoms with Crippen LogP contribution in [-0.2, 0) is 4.79 Å². The predicted octanol–water partition coefficient (Wildman–Crippen LogP) is 2.80. The molecule has 0 unspecified atom stereocenters. The number of likely N-dealkylation sites (tertiary alicyclic amines) is 1. The Morgan fingerprint density at radius 2 is 1.71 bits per heavy atom. The van der Waals surface area contributed by atoms with Crippen LogP contribution in [0.25, 0.3) is 0 Å². The molecule has 0 aromatic heterocycles. The molecule has 1 aromatic carbocycles. The third-order valence-corrected chi connectivity index (χ3v) is 5.68. The number of rotatable bonds is 6. The lowest BCUT2D eigenvalue weighted by molar-refractivity contribution is -0.125. The molecule has 1 aromatic rings. The fourth-order valence-electron chi connectivity index (χ4n) is 4.08. The maximum atomic E-state index is 12.2. The Kier molecular flexibility index (Phi) is 8.00. The van der Waals surface area contributed by atoms with Crippen LogP contribution in [0.1, 0.15) is 44.9 Å². The Hall–Kier alpha value is -2.24. The number of ether oxygens (including phenoxy) is 1. The van der Waals surface area contributed by atoms with Crippen LogP contribution in [0.4, 0.5) is 0 Å². The van der Waals surface area contributed by atoms with Crippen molar-refractivity contribution >= 4 is 11.9 Å². The predicted molar refractivity (Wildman–Crippen MR) is 113 cm³/mol. The van der Waals surface area contributed by atoms with Crippen molar-refractivity contribution in [1.82, 2.24) is 15.5 Å². The van der Waals surface area contributed by atoms with E-state index in [0.29, 0.717) is 13.1 Å². The zero-order valence-corrected chi connectivity index (χ0v) is 17.0. The third-order valence-electron chi connectivity index (χ3n) is 5.68. The van der Waals surface area contributed by atoms with E-state index in [1.54, 1.807) is 0 Å². The van der Waals surface area contributed by atoms with Crippen LogP contribution in [0.3, 0.4) is 0 Å². The maximum Gasteiger partial charge on any atom is 0.223 e. The highest BCUT2D eigenvalue weighted by Gasteiger charge is 2.23. The molecule has 3 rings (SSSR count). The van der Waals surface area contributed by atoms with Gasteiger partial charge in [-0.2, -0.15) is 0 Å². The summed E-state index contributed by atoms with van der Waals surface area (Å²) in [5.41, 5.74) is 0. The largest absolute Gasteiger partial charge is 0.490 e. The van der Waals surface area contributed by atoms with Crippen LogP contribution >= 0.6 is 0 Å². The SMILES string of the molecule is CN=C(NCCNC(=O)C1CCCCC1)N1CCC(Oc2ccccc2)CC1. The topological polar surface area (TPSA) is 66.0 Å². The quantitative estimate of drug-likeness (QED) is 0.448. The van der Waals surface area contributed by atoms with Gasteiger partial charge < -0.3 is 20.3 Å². The molecule has 154 valence electrons. The number of carbonyl (C=O) groups is 1. The molecular weight excluding hydrogens is 352 g/mol. The highest BCUT2D eigenvalue weighted by Crippen LogP contribution is 2.23. The van der Waals surface area contributed by atoms with Crippen molar-refractivity contribution < 1.29 is 9.53 Å². The third kappa shape index (κ3) is 6.14. The molecule has 1 saturated carbocycles. The molecule has 0 radical (unpaired) electrons. The van der Waals surface area contributed by atoms with Gasteiger partial charge in [-0.1, -0.05) is 37.5 Å². The van der Waals surface area contributed by atoms with E-state index >= 15 is 0 Å². The zero-order chi connectivity index (χ0) is 19.6. The normalized spacial score (nSPS) is 19.3. The van der Waals surface area contributed by atoms with Gasteiger partial charge in [0.2, 0.25) is 5.91 Å². The summed E-state index contributed by atoms with van der Waals surface area (Å²) in [6, 6.07) is 10.0. The zero-order valence-electron chi connectivity index (χ0n) is 17.0. The average Bonchev–Trinajstić information content (AvgIpc) is 2.76. The number of guanidine groups is 1. The standard InChI is InChI=1S/C22H34N4O2/c1-23-22(25-15-14-24-21(27)18-8-4-2-5-9-18)26-16-12-20(13-17-26)28-19-10-6-3-7-11-19/h3,6-7,10-11,18,20H,2,4-5,8-9,12-17H2,1H3,(H,23,25)(H,24,27). The fourth-order valence-corrected chi connectivity index (χ4v) is 4.08. The first-order chi connectivity index (χ1) is 13.8. The number of para-hydroxylation sites is 1. The molecule has 1 saturated heterocycles. The summed E-state index contributed by atoms with van der Waals surface area (Å²) >= 11 is 0. The van der Waals surface area contributed by atoms with Gasteiger partial charge in [0.1, 0.15) is 11.9 Å². The van der Waals surface area contributed by atoms with E-state index in [4.69, 9.17) is 4.74 Å². The molecule has 1 aliphatic carbocycles. The van der Waals surface area contributed by atoms with Crippen LogP contribution in [0, 0.1) is 5.92 Å². The molecule has 28 heavy (non-hydrogen) atoms. The number of nitrogens with one attached hydrogen (secondary N) is 2. The van der Waals surface area contributed by atoms with Gasteiger partial charge in [-0.15, -0.1) is 0 Å². The molecular formula is C22H34N4O2. The molecule has 0 spiro atoms. The second-order valence-corrected chi connectivity index (χ2v) is 7.72. The van der Waals surface area contributed by atoms with Crippen molar-refractivity contribution in [3.63, 3.8) is 0 Å². The molecule has 1 amide bonds. The van der Waals surface area contributed by atoms with Gasteiger partial charge in [0.05, 0.1) is 0 Å². The first kappa shape index (κ1) is 20.5. The van der Waals surface area contributed by atoms with Crippen molar-refractivity contribution in [2.75, 3.05) is 33.2 Å². The smallest absolute Gasteiger partial charge is 0.223 e. The number of benzene rings is 1. The lowest BCUT2D eigenvalue weighted by atomic mass is 9.89. The number of nitrogens with zero attached hydrogens (tertiary/aromatic N) is 2. The van der Waals surface area contributed by atoms with E-state index in [1.165, 1.54) is 19.3 Å². The summed E-state index contributed by atoms with van der Waals surface area (Å²) < 4.78 is 6.07. The highest BCUT2D eigenvalue weighted by atomic mass is 16.5. The lowest BCUT2D eigenvalue weighted by Gasteiger charge is -2.34. The minimum Gasteiger partial charge on any atom is -0.490 e. The van der Waals surface area contributed by atoms with Gasteiger partial charge in [-0.3, -0.25) is 9.79 Å². The van der Waals surface area contributed by atoms with Gasteiger partial charge in [0.25, 0.3) is 0 Å². The van der Waals surface area contributed by atoms with Gasteiger partial charge in [0, 0.05) is 52.0 Å². The summed E-state index contributed by atoms with van der Waals surface area (Å²) in [5, 5.41) is 6.46. The Morgan fingerprint density at radius 3 is 2.39 bits per heavy atom. The number of hydrogen-bond acceptors (Lipinski definition) is 3. The van der Waals surface area contributed by atoms with E-state index in [9.17, 15) is 4.79 Å². The summed E-state index contributed by atoms with van der Waals surface area (Å²) in [4.78, 5) is 18.9. The van der Waals surface area contributed by atoms with E-state index in [-0.39, 0.29) is 17.9 Å². The minimum absolute atomic E-state index is 0.218. The highest BCUT2D eigenvalue weighted by molar-refractivity contribution is 5.80. The number of carbonyl (C=O) groups excluding carboxylic acids is 1. The minimum atomic E-state index is 0.218. The molecule has 6 heteroatoms. The summed E-state index contributed by atoms with van der Waals surface area (Å²) in [5.74, 6) is 2.29. The summed E-state index contributed by atoms with van der Waals surface area (Å²) in [7, 11) is 1.81. The second-order valence-electron chi connectivity index (χ2n) is 7.72. The number of hydrogen-bond donors (Lipinski definition) is 2. The van der Waals surface area contributed by atoms with Crippen molar-refractivity contribution in [1.29, 1.82) is 0 Å². The molecule has 2 aliphatic rings. The van der Waals surface area contributed by atoms with Crippen molar-refractivity contribution in [2.45, 2.75) is 51.0 Å². The monoisotopic (exact) mass is 386 g/mol. The fraction of sp³-hybridized carbons (Fsp3) is 0.636. The maximum absolute atomic E-state index is 12.2. The molecule has 0 atom stereocenters. The van der Waals surface area contributed by atoms with Crippen LogP contribution in [0.2, 0.25) is 0 Å². The Labute approximate surface area is 168 Å². The van der Waals surface area contributed by atoms with Gasteiger partial charge in [-0.25, -0.2) is 0 Å². The molecule has 1 heterocycles. The van der Waals surface area contributed by atoms with Gasteiger partial charge >= 0.3 is 0 Å². The number of piperidine rings is 1. The molecule has 1 aliphatic heterocycles. The second kappa shape index (κ2) is 10.9. The first-order valence-corrected chi connectivity index (χ1v) is 10.7. The molecule has 2 N–H and O–H groups in total. The van der Waals surface area contributed by atoms with Crippen molar-refractivity contribution in [2.24, 2.45) is 10.9 Å². The lowest BCUT2D eigenvalue weighted by Crippen LogP contribution is -2.49. The van der Waals surface area contributed by atoms with E-state index in [2.05, 4.69) is 20.5 Å². The van der Waals surface area contributed by atoms with E-state index in [0.717, 1.165) is 50.5 Å². The number of amides is 1. The molecule has 2 fully saturated rings. The van der Waals surface area contributed by atoms with Crippen LogP contribution in [-0.4, -0.2) is 56.1 Å². The molecule has 0 bridgehead atoms. The van der Waals surface area contributed by atoms with Crippen molar-refractivity contribution in [3.05, 3.63) is 30.3 Å². The Morgan fingerprint density at radius 1 is 1.04 bits per heavy atom. The Balaban J connectivity index is 1.33. The summed E-state index contributed by atoms with van der Waals surface area (Å²) in [6.45, 7) is 3.19. The molecule has 6 nitrogen and oxygen atoms in total.